The topological polar surface area (TPSA) is 39.2 Å². The highest BCUT2D eigenvalue weighted by atomic mass is 16.3. The summed E-state index contributed by atoms with van der Waals surface area (Å²) in [6.07, 6.45) is 3.07. The van der Waals surface area contributed by atoms with Crippen LogP contribution in [0, 0.1) is 0 Å². The SMILES string of the molecule is CCc1ccc(C(N)CC2Cc3ccccc32)o1. The maximum absolute atomic E-state index is 6.24. The molecule has 3 rings (SSSR count). The summed E-state index contributed by atoms with van der Waals surface area (Å²) in [4.78, 5) is 0. The molecule has 0 saturated carbocycles. The largest absolute Gasteiger partial charge is 0.464 e. The van der Waals surface area contributed by atoms with E-state index in [1.165, 1.54) is 11.1 Å². The van der Waals surface area contributed by atoms with Crippen LogP contribution in [-0.4, -0.2) is 0 Å². The Bertz CT molecular complexity index is 544. The summed E-state index contributed by atoms with van der Waals surface area (Å²) in [5, 5.41) is 0. The van der Waals surface area contributed by atoms with Gasteiger partial charge in [-0.05, 0) is 42.0 Å². The fourth-order valence-corrected chi connectivity index (χ4v) is 2.78. The van der Waals surface area contributed by atoms with E-state index in [-0.39, 0.29) is 6.04 Å². The van der Waals surface area contributed by atoms with Crippen molar-refractivity contribution in [3.63, 3.8) is 0 Å². The molecule has 0 saturated heterocycles. The average molecular weight is 241 g/mol. The number of nitrogens with two attached hydrogens (primary N) is 1. The minimum atomic E-state index is 0.0173. The Labute approximate surface area is 108 Å². The van der Waals surface area contributed by atoms with Gasteiger partial charge in [-0.15, -0.1) is 0 Å². The van der Waals surface area contributed by atoms with E-state index in [9.17, 15) is 0 Å². The third kappa shape index (κ3) is 1.97. The van der Waals surface area contributed by atoms with Crippen LogP contribution in [-0.2, 0) is 12.8 Å². The minimum absolute atomic E-state index is 0.0173. The summed E-state index contributed by atoms with van der Waals surface area (Å²) in [6, 6.07) is 12.7. The van der Waals surface area contributed by atoms with Crippen molar-refractivity contribution in [2.75, 3.05) is 0 Å². The number of rotatable bonds is 4. The van der Waals surface area contributed by atoms with Crippen LogP contribution in [0.1, 0.15) is 48.0 Å². The molecule has 1 aromatic heterocycles. The maximum atomic E-state index is 6.24. The van der Waals surface area contributed by atoms with Gasteiger partial charge in [-0.25, -0.2) is 0 Å². The highest BCUT2D eigenvalue weighted by molar-refractivity contribution is 5.40. The molecule has 0 fully saturated rings. The Morgan fingerprint density at radius 1 is 1.28 bits per heavy atom. The van der Waals surface area contributed by atoms with E-state index >= 15 is 0 Å². The van der Waals surface area contributed by atoms with Crippen LogP contribution in [0.4, 0.5) is 0 Å². The smallest absolute Gasteiger partial charge is 0.120 e. The molecule has 2 N–H and O–H groups in total. The second-order valence-electron chi connectivity index (χ2n) is 5.10. The van der Waals surface area contributed by atoms with Crippen LogP contribution in [0.15, 0.2) is 40.8 Å². The van der Waals surface area contributed by atoms with E-state index in [1.54, 1.807) is 0 Å². The second kappa shape index (κ2) is 4.62. The van der Waals surface area contributed by atoms with Crippen LogP contribution >= 0.6 is 0 Å². The zero-order valence-electron chi connectivity index (χ0n) is 10.7. The van der Waals surface area contributed by atoms with E-state index in [0.29, 0.717) is 5.92 Å². The molecule has 0 bridgehead atoms. The van der Waals surface area contributed by atoms with Crippen LogP contribution in [0.2, 0.25) is 0 Å². The van der Waals surface area contributed by atoms with Crippen LogP contribution in [0.5, 0.6) is 0 Å². The number of furan rings is 1. The van der Waals surface area contributed by atoms with Gasteiger partial charge in [-0.1, -0.05) is 31.2 Å². The zero-order valence-corrected chi connectivity index (χ0v) is 10.7. The van der Waals surface area contributed by atoms with E-state index in [1.807, 2.05) is 12.1 Å². The van der Waals surface area contributed by atoms with Gasteiger partial charge in [0, 0.05) is 6.42 Å². The predicted octanol–water partition coefficient (Wildman–Crippen LogP) is 3.57. The highest BCUT2D eigenvalue weighted by Crippen LogP contribution is 2.40. The molecule has 2 nitrogen and oxygen atoms in total. The van der Waals surface area contributed by atoms with Crippen LogP contribution in [0.3, 0.4) is 0 Å². The Morgan fingerprint density at radius 3 is 2.83 bits per heavy atom. The molecule has 0 aliphatic heterocycles. The fourth-order valence-electron chi connectivity index (χ4n) is 2.78. The molecule has 0 radical (unpaired) electrons. The summed E-state index contributed by atoms with van der Waals surface area (Å²) in [7, 11) is 0. The number of fused-ring (bicyclic) bond motifs is 1. The van der Waals surface area contributed by atoms with E-state index in [0.717, 1.165) is 30.8 Å². The lowest BCUT2D eigenvalue weighted by Crippen LogP contribution is -2.22. The summed E-state index contributed by atoms with van der Waals surface area (Å²) in [5.74, 6) is 2.55. The normalized spacial score (nSPS) is 19.1. The molecule has 1 aliphatic carbocycles. The van der Waals surface area contributed by atoms with Crippen molar-refractivity contribution < 1.29 is 4.42 Å². The first-order chi connectivity index (χ1) is 8.78. The number of hydrogen-bond acceptors (Lipinski definition) is 2. The van der Waals surface area contributed by atoms with Gasteiger partial charge >= 0.3 is 0 Å². The van der Waals surface area contributed by atoms with Gasteiger partial charge in [0.2, 0.25) is 0 Å². The van der Waals surface area contributed by atoms with Gasteiger partial charge in [-0.3, -0.25) is 0 Å². The maximum Gasteiger partial charge on any atom is 0.120 e. The molecule has 0 amide bonds. The van der Waals surface area contributed by atoms with Gasteiger partial charge in [0.05, 0.1) is 6.04 Å². The van der Waals surface area contributed by atoms with Crippen molar-refractivity contribution in [1.82, 2.24) is 0 Å². The Kier molecular flexibility index (Phi) is 2.96. The lowest BCUT2D eigenvalue weighted by Gasteiger charge is -2.31. The van der Waals surface area contributed by atoms with Crippen molar-refractivity contribution in [2.24, 2.45) is 5.73 Å². The number of hydrogen-bond donors (Lipinski definition) is 1. The van der Waals surface area contributed by atoms with E-state index in [4.69, 9.17) is 10.2 Å². The quantitative estimate of drug-likeness (QED) is 0.888. The first-order valence-electron chi connectivity index (χ1n) is 6.70. The fraction of sp³-hybridized carbons (Fsp3) is 0.375. The van der Waals surface area contributed by atoms with E-state index < -0.39 is 0 Å². The van der Waals surface area contributed by atoms with Crippen molar-refractivity contribution in [2.45, 2.75) is 38.1 Å². The van der Waals surface area contributed by atoms with Gasteiger partial charge in [0.15, 0.2) is 0 Å². The van der Waals surface area contributed by atoms with Gasteiger partial charge in [-0.2, -0.15) is 0 Å². The third-order valence-corrected chi connectivity index (χ3v) is 3.90. The highest BCUT2D eigenvalue weighted by Gasteiger charge is 2.28. The molecule has 94 valence electrons. The van der Waals surface area contributed by atoms with Crippen molar-refractivity contribution >= 4 is 0 Å². The Hall–Kier alpha value is -1.54. The third-order valence-electron chi connectivity index (χ3n) is 3.90. The molecule has 2 aromatic rings. The summed E-state index contributed by atoms with van der Waals surface area (Å²) in [5.41, 5.74) is 9.18. The van der Waals surface area contributed by atoms with Gasteiger partial charge in [0.1, 0.15) is 11.5 Å². The summed E-state index contributed by atoms with van der Waals surface area (Å²) in [6.45, 7) is 2.09. The molecule has 1 heterocycles. The first kappa shape index (κ1) is 11.5. The van der Waals surface area contributed by atoms with Crippen molar-refractivity contribution in [3.8, 4) is 0 Å². The van der Waals surface area contributed by atoms with E-state index in [2.05, 4.69) is 31.2 Å². The number of aryl methyl sites for hydroxylation is 1. The van der Waals surface area contributed by atoms with Crippen LogP contribution in [0.25, 0.3) is 0 Å². The summed E-state index contributed by atoms with van der Waals surface area (Å²) < 4.78 is 5.73. The Balaban J connectivity index is 1.68. The molecule has 1 aliphatic rings. The van der Waals surface area contributed by atoms with Gasteiger partial charge in [0.25, 0.3) is 0 Å². The minimum Gasteiger partial charge on any atom is -0.464 e. The lowest BCUT2D eigenvalue weighted by molar-refractivity contribution is 0.398. The molecule has 0 spiro atoms. The van der Waals surface area contributed by atoms with Gasteiger partial charge < -0.3 is 10.2 Å². The molecule has 2 atom stereocenters. The lowest BCUT2D eigenvalue weighted by atomic mass is 9.74. The predicted molar refractivity (Wildman–Crippen MR) is 72.5 cm³/mol. The molecule has 2 unspecified atom stereocenters. The molecule has 1 aromatic carbocycles. The Morgan fingerprint density at radius 2 is 2.11 bits per heavy atom. The van der Waals surface area contributed by atoms with Crippen LogP contribution < -0.4 is 5.73 Å². The number of benzene rings is 1. The molecule has 2 heteroatoms. The molecular formula is C16H19NO. The monoisotopic (exact) mass is 241 g/mol. The van der Waals surface area contributed by atoms with Crippen molar-refractivity contribution in [1.29, 1.82) is 0 Å². The summed E-state index contributed by atoms with van der Waals surface area (Å²) >= 11 is 0. The first-order valence-corrected chi connectivity index (χ1v) is 6.70. The molecular weight excluding hydrogens is 222 g/mol. The van der Waals surface area contributed by atoms with Crippen molar-refractivity contribution in [3.05, 3.63) is 59.0 Å². The standard InChI is InChI=1S/C16H19NO/c1-2-13-7-8-16(18-13)15(17)10-12-9-11-5-3-4-6-14(11)12/h3-8,12,15H,2,9-10,17H2,1H3. The zero-order chi connectivity index (χ0) is 12.5. The second-order valence-corrected chi connectivity index (χ2v) is 5.10. The average Bonchev–Trinajstić information content (AvgIpc) is 2.84. The molecule has 18 heavy (non-hydrogen) atoms.